The maximum Gasteiger partial charge on any atom is 0.416 e. The van der Waals surface area contributed by atoms with Crippen molar-refractivity contribution >= 4 is 15.9 Å². The maximum absolute atomic E-state index is 12.9. The molecular weight excluding hydrogens is 335 g/mol. The van der Waals surface area contributed by atoms with Gasteiger partial charge in [0.15, 0.2) is 0 Å². The number of nitrogens with zero attached hydrogens (tertiary/aromatic N) is 1. The molecule has 6 heteroatoms. The Hall–Kier alpha value is -1.56. The Morgan fingerprint density at radius 1 is 1.10 bits per heavy atom. The standard InChI is InChI=1S/C14H11BrF3NO/c15-8-11-12(14(16,17)18)6-7-19-13(11)20-9-10-4-2-1-3-5-10/h1-7H,8-9H2. The minimum absolute atomic E-state index is 0.000512. The highest BCUT2D eigenvalue weighted by molar-refractivity contribution is 9.08. The number of halogens is 4. The summed E-state index contributed by atoms with van der Waals surface area (Å²) in [7, 11) is 0. The minimum Gasteiger partial charge on any atom is -0.473 e. The second-order valence-corrected chi connectivity index (χ2v) is 4.61. The molecule has 0 saturated heterocycles. The topological polar surface area (TPSA) is 22.1 Å². The number of rotatable bonds is 4. The second-order valence-electron chi connectivity index (χ2n) is 4.05. The molecule has 0 spiro atoms. The fourth-order valence-electron chi connectivity index (χ4n) is 1.72. The maximum atomic E-state index is 12.9. The third-order valence-electron chi connectivity index (χ3n) is 2.67. The summed E-state index contributed by atoms with van der Waals surface area (Å²) in [5.41, 5.74) is 0.149. The van der Waals surface area contributed by atoms with Gasteiger partial charge in [-0.3, -0.25) is 0 Å². The number of hydrogen-bond acceptors (Lipinski definition) is 2. The Morgan fingerprint density at radius 2 is 1.80 bits per heavy atom. The van der Waals surface area contributed by atoms with E-state index in [1.807, 2.05) is 30.3 Å². The number of pyridine rings is 1. The first-order valence-electron chi connectivity index (χ1n) is 5.80. The van der Waals surface area contributed by atoms with Crippen LogP contribution in [0.1, 0.15) is 16.7 Å². The largest absolute Gasteiger partial charge is 0.473 e. The van der Waals surface area contributed by atoms with Crippen LogP contribution < -0.4 is 4.74 Å². The zero-order valence-electron chi connectivity index (χ0n) is 10.3. The molecule has 0 aliphatic heterocycles. The molecule has 1 aromatic heterocycles. The van der Waals surface area contributed by atoms with Crippen LogP contribution in [-0.4, -0.2) is 4.98 Å². The van der Waals surface area contributed by atoms with Crippen molar-refractivity contribution in [2.24, 2.45) is 0 Å². The zero-order valence-corrected chi connectivity index (χ0v) is 11.9. The fourth-order valence-corrected chi connectivity index (χ4v) is 2.26. The lowest BCUT2D eigenvalue weighted by molar-refractivity contribution is -0.138. The van der Waals surface area contributed by atoms with Gasteiger partial charge in [0, 0.05) is 17.1 Å². The molecule has 0 saturated carbocycles. The molecule has 0 aliphatic carbocycles. The van der Waals surface area contributed by atoms with E-state index in [4.69, 9.17) is 4.74 Å². The third kappa shape index (κ3) is 3.50. The van der Waals surface area contributed by atoms with Gasteiger partial charge in [0.1, 0.15) is 6.61 Å². The molecule has 0 atom stereocenters. The smallest absolute Gasteiger partial charge is 0.416 e. The van der Waals surface area contributed by atoms with Gasteiger partial charge in [0.2, 0.25) is 5.88 Å². The van der Waals surface area contributed by atoms with Gasteiger partial charge in [0.05, 0.1) is 5.56 Å². The molecule has 0 unspecified atom stereocenters. The molecule has 0 radical (unpaired) electrons. The van der Waals surface area contributed by atoms with Crippen LogP contribution in [0.5, 0.6) is 5.88 Å². The van der Waals surface area contributed by atoms with Crippen molar-refractivity contribution in [1.29, 1.82) is 0 Å². The molecule has 0 fully saturated rings. The number of aromatic nitrogens is 1. The summed E-state index contributed by atoms with van der Waals surface area (Å²) >= 11 is 3.06. The van der Waals surface area contributed by atoms with Gasteiger partial charge >= 0.3 is 6.18 Å². The summed E-state index contributed by atoms with van der Waals surface area (Å²) < 4.78 is 44.0. The van der Waals surface area contributed by atoms with Crippen LogP contribution in [0.25, 0.3) is 0 Å². The second kappa shape index (κ2) is 6.26. The molecule has 106 valence electrons. The average Bonchev–Trinajstić information content (AvgIpc) is 2.44. The molecule has 1 aromatic carbocycles. The summed E-state index contributed by atoms with van der Waals surface area (Å²) in [4.78, 5) is 3.89. The summed E-state index contributed by atoms with van der Waals surface area (Å²) in [5.74, 6) is 0.000512. The van der Waals surface area contributed by atoms with Crippen LogP contribution in [-0.2, 0) is 18.1 Å². The van der Waals surface area contributed by atoms with Crippen LogP contribution >= 0.6 is 15.9 Å². The number of benzene rings is 1. The van der Waals surface area contributed by atoms with Crippen LogP contribution in [0.3, 0.4) is 0 Å². The average molecular weight is 346 g/mol. The van der Waals surface area contributed by atoms with Gasteiger partial charge < -0.3 is 4.74 Å². The predicted octanol–water partition coefficient (Wildman–Crippen LogP) is 4.57. The molecule has 0 bridgehead atoms. The van der Waals surface area contributed by atoms with Crippen molar-refractivity contribution in [2.45, 2.75) is 18.1 Å². The monoisotopic (exact) mass is 345 g/mol. The van der Waals surface area contributed by atoms with Crippen molar-refractivity contribution < 1.29 is 17.9 Å². The predicted molar refractivity (Wildman–Crippen MR) is 72.6 cm³/mol. The van der Waals surface area contributed by atoms with E-state index in [-0.39, 0.29) is 23.4 Å². The first-order chi connectivity index (χ1) is 9.52. The molecule has 20 heavy (non-hydrogen) atoms. The van der Waals surface area contributed by atoms with Crippen molar-refractivity contribution in [1.82, 2.24) is 4.98 Å². The SMILES string of the molecule is FC(F)(F)c1ccnc(OCc2ccccc2)c1CBr. The van der Waals surface area contributed by atoms with Crippen LogP contribution in [0, 0.1) is 0 Å². The van der Waals surface area contributed by atoms with Crippen LogP contribution in [0.2, 0.25) is 0 Å². The molecule has 1 heterocycles. The van der Waals surface area contributed by atoms with Crippen molar-refractivity contribution in [3.63, 3.8) is 0 Å². The molecular formula is C14H11BrF3NO. The Kier molecular flexibility index (Phi) is 4.65. The van der Waals surface area contributed by atoms with Crippen LogP contribution in [0.4, 0.5) is 13.2 Å². The highest BCUT2D eigenvalue weighted by Crippen LogP contribution is 2.36. The highest BCUT2D eigenvalue weighted by Gasteiger charge is 2.34. The van der Waals surface area contributed by atoms with Gasteiger partial charge in [-0.1, -0.05) is 46.3 Å². The normalized spacial score (nSPS) is 11.4. The van der Waals surface area contributed by atoms with Crippen molar-refractivity contribution in [3.8, 4) is 5.88 Å². The lowest BCUT2D eigenvalue weighted by Gasteiger charge is -2.14. The van der Waals surface area contributed by atoms with Gasteiger partial charge in [-0.05, 0) is 11.6 Å². The Morgan fingerprint density at radius 3 is 2.40 bits per heavy atom. The van der Waals surface area contributed by atoms with E-state index in [1.165, 1.54) is 0 Å². The molecule has 2 rings (SSSR count). The summed E-state index contributed by atoms with van der Waals surface area (Å²) in [5, 5.41) is 0.0276. The van der Waals surface area contributed by atoms with Gasteiger partial charge in [0.25, 0.3) is 0 Å². The molecule has 2 aromatic rings. The zero-order chi connectivity index (χ0) is 14.6. The summed E-state index contributed by atoms with van der Waals surface area (Å²) in [6, 6.07) is 10.2. The van der Waals surface area contributed by atoms with Gasteiger partial charge in [-0.25, -0.2) is 4.98 Å². The summed E-state index contributed by atoms with van der Waals surface area (Å²) in [6.07, 6.45) is -3.31. The molecule has 0 amide bonds. The summed E-state index contributed by atoms with van der Waals surface area (Å²) in [6.45, 7) is 0.176. The van der Waals surface area contributed by atoms with E-state index in [1.54, 1.807) is 0 Å². The first-order valence-corrected chi connectivity index (χ1v) is 6.92. The van der Waals surface area contributed by atoms with Crippen molar-refractivity contribution in [3.05, 3.63) is 59.3 Å². The molecule has 0 N–H and O–H groups in total. The van der Waals surface area contributed by atoms with E-state index in [0.717, 1.165) is 17.8 Å². The van der Waals surface area contributed by atoms with Crippen molar-refractivity contribution in [2.75, 3.05) is 0 Å². The highest BCUT2D eigenvalue weighted by atomic mass is 79.9. The van der Waals surface area contributed by atoms with Gasteiger partial charge in [-0.15, -0.1) is 0 Å². The first kappa shape index (κ1) is 14.8. The Balaban J connectivity index is 2.24. The van der Waals surface area contributed by atoms with E-state index in [9.17, 15) is 13.2 Å². The fraction of sp³-hybridized carbons (Fsp3) is 0.214. The molecule has 0 aliphatic rings. The number of ether oxygens (including phenoxy) is 1. The Bertz CT molecular complexity index is 572. The Labute approximate surface area is 122 Å². The quantitative estimate of drug-likeness (QED) is 0.757. The van der Waals surface area contributed by atoms with Crippen LogP contribution in [0.15, 0.2) is 42.6 Å². The van der Waals surface area contributed by atoms with Gasteiger partial charge in [-0.2, -0.15) is 13.2 Å². The molecule has 2 nitrogen and oxygen atoms in total. The van der Waals surface area contributed by atoms with E-state index in [0.29, 0.717) is 0 Å². The third-order valence-corrected chi connectivity index (χ3v) is 3.23. The van der Waals surface area contributed by atoms with E-state index < -0.39 is 11.7 Å². The lowest BCUT2D eigenvalue weighted by Crippen LogP contribution is -2.11. The number of hydrogen-bond donors (Lipinski definition) is 0. The van der Waals surface area contributed by atoms with E-state index >= 15 is 0 Å². The number of alkyl halides is 4. The van der Waals surface area contributed by atoms with E-state index in [2.05, 4.69) is 20.9 Å². The lowest BCUT2D eigenvalue weighted by atomic mass is 10.1. The minimum atomic E-state index is -4.42.